The lowest BCUT2D eigenvalue weighted by atomic mass is 9.97. The van der Waals surface area contributed by atoms with Gasteiger partial charge >= 0.3 is 0 Å². The van der Waals surface area contributed by atoms with Crippen LogP contribution in [-0.4, -0.2) is 40.4 Å². The third-order valence-electron chi connectivity index (χ3n) is 6.38. The molecule has 0 radical (unpaired) electrons. The van der Waals surface area contributed by atoms with Crippen LogP contribution in [0.1, 0.15) is 39.2 Å². The number of nitrogens with one attached hydrogen (secondary N) is 1. The Hall–Kier alpha value is -4.61. The molecule has 0 aliphatic carbocycles. The van der Waals surface area contributed by atoms with E-state index in [0.717, 1.165) is 21.9 Å². The first kappa shape index (κ1) is 26.5. The second kappa shape index (κ2) is 12.1. The molecule has 1 heterocycles. The standard InChI is InChI=1S/C30H30N4O4/c1-21-17-23(12-13-28(21)35)30(37)32-33(2)19-24-11-10-22(26-8-3-4-9-27(24)26)18-29(36)34(15-6-14-31)20-25-7-5-16-38-25/h3-5,7-13,16-17,35H,6,15,18-20H2,1-2H3,(H,32,37). The highest BCUT2D eigenvalue weighted by Gasteiger charge is 2.18. The summed E-state index contributed by atoms with van der Waals surface area (Å²) in [5.41, 5.74) is 5.86. The van der Waals surface area contributed by atoms with Crippen molar-refractivity contribution in [2.45, 2.75) is 32.9 Å². The molecule has 0 atom stereocenters. The lowest BCUT2D eigenvalue weighted by molar-refractivity contribution is -0.131. The minimum atomic E-state index is -0.267. The molecule has 8 heteroatoms. The number of nitrogens with zero attached hydrogens (tertiary/aromatic N) is 3. The molecule has 1 aromatic heterocycles. The van der Waals surface area contributed by atoms with Gasteiger partial charge in [0, 0.05) is 25.7 Å². The van der Waals surface area contributed by atoms with Crippen LogP contribution in [0.3, 0.4) is 0 Å². The number of fused-ring (bicyclic) bond motifs is 1. The van der Waals surface area contributed by atoms with E-state index in [1.807, 2.05) is 42.5 Å². The topological polar surface area (TPSA) is 110 Å². The highest BCUT2D eigenvalue weighted by atomic mass is 16.3. The number of carbonyl (C=O) groups is 2. The van der Waals surface area contributed by atoms with Gasteiger partial charge in [0.1, 0.15) is 11.5 Å². The van der Waals surface area contributed by atoms with Crippen LogP contribution in [0.25, 0.3) is 10.8 Å². The van der Waals surface area contributed by atoms with Crippen molar-refractivity contribution < 1.29 is 19.1 Å². The summed E-state index contributed by atoms with van der Waals surface area (Å²) in [6.07, 6.45) is 2.01. The number of hydrazine groups is 1. The largest absolute Gasteiger partial charge is 0.508 e. The molecule has 0 bridgehead atoms. The Morgan fingerprint density at radius 2 is 1.74 bits per heavy atom. The zero-order valence-corrected chi connectivity index (χ0v) is 21.5. The number of carbonyl (C=O) groups excluding carboxylic acids is 2. The number of phenols is 1. The van der Waals surface area contributed by atoms with Gasteiger partial charge in [-0.25, -0.2) is 5.01 Å². The van der Waals surface area contributed by atoms with Gasteiger partial charge < -0.3 is 14.4 Å². The van der Waals surface area contributed by atoms with Crippen molar-refractivity contribution in [2.75, 3.05) is 13.6 Å². The molecule has 0 aliphatic rings. The highest BCUT2D eigenvalue weighted by Crippen LogP contribution is 2.25. The van der Waals surface area contributed by atoms with Crippen molar-refractivity contribution >= 4 is 22.6 Å². The first-order valence-corrected chi connectivity index (χ1v) is 12.3. The van der Waals surface area contributed by atoms with Gasteiger partial charge in [-0.1, -0.05) is 36.4 Å². The van der Waals surface area contributed by atoms with Gasteiger partial charge in [-0.3, -0.25) is 15.0 Å². The number of phenolic OH excluding ortho intramolecular Hbond substituents is 1. The molecule has 0 fully saturated rings. The number of amides is 2. The Kier molecular flexibility index (Phi) is 8.41. The van der Waals surface area contributed by atoms with Crippen molar-refractivity contribution in [3.05, 3.63) is 101 Å². The molecule has 38 heavy (non-hydrogen) atoms. The maximum absolute atomic E-state index is 13.3. The number of benzene rings is 3. The minimum Gasteiger partial charge on any atom is -0.508 e. The Morgan fingerprint density at radius 3 is 2.42 bits per heavy atom. The van der Waals surface area contributed by atoms with E-state index in [9.17, 15) is 14.7 Å². The summed E-state index contributed by atoms with van der Waals surface area (Å²) in [7, 11) is 1.79. The van der Waals surface area contributed by atoms with Gasteiger partial charge in [0.05, 0.1) is 31.7 Å². The number of hydrogen-bond donors (Lipinski definition) is 2. The van der Waals surface area contributed by atoms with Crippen LogP contribution >= 0.6 is 0 Å². The maximum Gasteiger partial charge on any atom is 0.265 e. The fraction of sp³-hybridized carbons (Fsp3) is 0.233. The average Bonchev–Trinajstić information content (AvgIpc) is 3.42. The van der Waals surface area contributed by atoms with Crippen LogP contribution in [0.2, 0.25) is 0 Å². The molecule has 0 saturated carbocycles. The van der Waals surface area contributed by atoms with Crippen LogP contribution in [0.15, 0.2) is 77.4 Å². The Balaban J connectivity index is 1.50. The molecule has 0 unspecified atom stereocenters. The van der Waals surface area contributed by atoms with Crippen molar-refractivity contribution in [1.82, 2.24) is 15.3 Å². The number of furan rings is 1. The molecule has 3 aromatic carbocycles. The average molecular weight is 511 g/mol. The number of hydrogen-bond acceptors (Lipinski definition) is 6. The van der Waals surface area contributed by atoms with E-state index in [-0.39, 0.29) is 30.4 Å². The van der Waals surface area contributed by atoms with Gasteiger partial charge in [0.2, 0.25) is 5.91 Å². The van der Waals surface area contributed by atoms with Crippen molar-refractivity contribution in [1.29, 1.82) is 5.26 Å². The monoisotopic (exact) mass is 510 g/mol. The fourth-order valence-corrected chi connectivity index (χ4v) is 4.39. The molecular weight excluding hydrogens is 480 g/mol. The molecule has 4 rings (SSSR count). The predicted octanol–water partition coefficient (Wildman–Crippen LogP) is 4.71. The van der Waals surface area contributed by atoms with Crippen LogP contribution in [0.4, 0.5) is 0 Å². The SMILES string of the molecule is Cc1cc(C(=O)NN(C)Cc2ccc(CC(=O)N(CCC#N)Cc3ccco3)c3ccccc23)ccc1O. The van der Waals surface area contributed by atoms with E-state index in [4.69, 9.17) is 9.68 Å². The van der Waals surface area contributed by atoms with Gasteiger partial charge in [-0.15, -0.1) is 0 Å². The number of rotatable bonds is 10. The molecule has 0 saturated heterocycles. The van der Waals surface area contributed by atoms with E-state index < -0.39 is 0 Å². The van der Waals surface area contributed by atoms with E-state index in [1.54, 1.807) is 48.3 Å². The summed E-state index contributed by atoms with van der Waals surface area (Å²) in [6, 6.07) is 22.3. The smallest absolute Gasteiger partial charge is 0.265 e. The molecule has 8 nitrogen and oxygen atoms in total. The second-order valence-corrected chi connectivity index (χ2v) is 9.21. The predicted molar refractivity (Wildman–Crippen MR) is 144 cm³/mol. The summed E-state index contributed by atoms with van der Waals surface area (Å²) in [5, 5.41) is 22.4. The first-order valence-electron chi connectivity index (χ1n) is 12.3. The second-order valence-electron chi connectivity index (χ2n) is 9.21. The number of aryl methyl sites for hydroxylation is 1. The van der Waals surface area contributed by atoms with Crippen LogP contribution in [0, 0.1) is 18.3 Å². The lowest BCUT2D eigenvalue weighted by Gasteiger charge is -2.22. The van der Waals surface area contributed by atoms with E-state index in [0.29, 0.717) is 36.5 Å². The molecular formula is C30H30N4O4. The van der Waals surface area contributed by atoms with Gasteiger partial charge in [0.25, 0.3) is 5.91 Å². The summed E-state index contributed by atoms with van der Waals surface area (Å²) in [6.45, 7) is 2.84. The number of aromatic hydroxyl groups is 1. The van der Waals surface area contributed by atoms with Gasteiger partial charge in [-0.05, 0) is 64.7 Å². The Morgan fingerprint density at radius 1 is 1.00 bits per heavy atom. The van der Waals surface area contributed by atoms with E-state index in [1.165, 1.54) is 6.07 Å². The molecule has 2 amide bonds. The summed E-state index contributed by atoms with van der Waals surface area (Å²) < 4.78 is 5.41. The zero-order valence-electron chi connectivity index (χ0n) is 21.5. The third kappa shape index (κ3) is 6.38. The normalized spacial score (nSPS) is 10.9. The van der Waals surface area contributed by atoms with E-state index >= 15 is 0 Å². The molecule has 194 valence electrons. The van der Waals surface area contributed by atoms with Crippen LogP contribution < -0.4 is 5.43 Å². The van der Waals surface area contributed by atoms with Gasteiger partial charge in [0.15, 0.2) is 0 Å². The zero-order chi connectivity index (χ0) is 27.1. The molecule has 4 aromatic rings. The lowest BCUT2D eigenvalue weighted by Crippen LogP contribution is -2.38. The van der Waals surface area contributed by atoms with E-state index in [2.05, 4.69) is 11.5 Å². The summed E-state index contributed by atoms with van der Waals surface area (Å²) in [4.78, 5) is 27.6. The van der Waals surface area contributed by atoms with Crippen LogP contribution in [-0.2, 0) is 24.3 Å². The van der Waals surface area contributed by atoms with Crippen molar-refractivity contribution in [2.24, 2.45) is 0 Å². The van der Waals surface area contributed by atoms with Crippen molar-refractivity contribution in [3.8, 4) is 11.8 Å². The molecule has 0 spiro atoms. The first-order chi connectivity index (χ1) is 18.4. The van der Waals surface area contributed by atoms with Gasteiger partial charge in [-0.2, -0.15) is 5.26 Å². The quantitative estimate of drug-likeness (QED) is 0.299. The van der Waals surface area contributed by atoms with Crippen LogP contribution in [0.5, 0.6) is 5.75 Å². The summed E-state index contributed by atoms with van der Waals surface area (Å²) >= 11 is 0. The van der Waals surface area contributed by atoms with Crippen molar-refractivity contribution in [3.63, 3.8) is 0 Å². The minimum absolute atomic E-state index is 0.0804. The molecule has 0 aliphatic heterocycles. The number of nitriles is 1. The fourth-order valence-electron chi connectivity index (χ4n) is 4.39. The maximum atomic E-state index is 13.3. The Labute approximate surface area is 221 Å². The molecule has 2 N–H and O–H groups in total. The highest BCUT2D eigenvalue weighted by molar-refractivity contribution is 5.94. The Bertz CT molecular complexity index is 1470. The third-order valence-corrected chi connectivity index (χ3v) is 6.38. The summed E-state index contributed by atoms with van der Waals surface area (Å²) in [5.74, 6) is 0.470.